The Bertz CT molecular complexity index is 1470. The number of rotatable bonds is 9. The largest absolute Gasteiger partial charge is 0.493 e. The highest BCUT2D eigenvalue weighted by Crippen LogP contribution is 2.30. The zero-order valence-corrected chi connectivity index (χ0v) is 20.4. The van der Waals surface area contributed by atoms with E-state index in [-0.39, 0.29) is 24.7 Å². The van der Waals surface area contributed by atoms with Gasteiger partial charge < -0.3 is 19.3 Å². The van der Waals surface area contributed by atoms with Gasteiger partial charge in [-0.2, -0.15) is 0 Å². The van der Waals surface area contributed by atoms with E-state index in [9.17, 15) is 14.7 Å². The van der Waals surface area contributed by atoms with Crippen molar-refractivity contribution < 1.29 is 24.1 Å². The number of hydrogen-bond donors (Lipinski definition) is 1. The van der Waals surface area contributed by atoms with Crippen LogP contribution in [0.1, 0.15) is 6.92 Å². The number of nitrogens with zero attached hydrogens (tertiary/aromatic N) is 3. The summed E-state index contributed by atoms with van der Waals surface area (Å²) < 4.78 is 18.8. The molecule has 0 saturated heterocycles. The Hall–Kier alpha value is -4.08. The van der Waals surface area contributed by atoms with Crippen molar-refractivity contribution in [3.8, 4) is 28.4 Å². The van der Waals surface area contributed by atoms with Crippen molar-refractivity contribution in [2.75, 3.05) is 20.3 Å². The molecule has 1 N–H and O–H groups in total. The molecule has 0 aliphatic heterocycles. The molecule has 0 fully saturated rings. The van der Waals surface area contributed by atoms with E-state index >= 15 is 0 Å². The molecule has 0 amide bonds. The number of benzene rings is 2. The highest BCUT2D eigenvalue weighted by atomic mass is 35.5. The fourth-order valence-corrected chi connectivity index (χ4v) is 3.64. The lowest BCUT2D eigenvalue weighted by molar-refractivity contribution is -0.165. The number of carbonyl (C=O) groups excluding carboxylic acids is 1. The minimum Gasteiger partial charge on any atom is -0.493 e. The van der Waals surface area contributed by atoms with Crippen molar-refractivity contribution in [2.24, 2.45) is 0 Å². The lowest BCUT2D eigenvalue weighted by atomic mass is 10.1. The van der Waals surface area contributed by atoms with Crippen molar-refractivity contribution in [3.63, 3.8) is 0 Å². The molecule has 0 radical (unpaired) electrons. The quantitative estimate of drug-likeness (QED) is 0.271. The van der Waals surface area contributed by atoms with Gasteiger partial charge in [0.2, 0.25) is 0 Å². The van der Waals surface area contributed by atoms with E-state index in [0.29, 0.717) is 27.8 Å². The number of aliphatic hydroxyl groups is 1. The Kier molecular flexibility index (Phi) is 7.14. The molecule has 0 bridgehead atoms. The van der Waals surface area contributed by atoms with E-state index in [1.807, 2.05) is 18.2 Å². The minimum absolute atomic E-state index is 0.0265. The van der Waals surface area contributed by atoms with E-state index < -0.39 is 11.6 Å². The maximum Gasteiger partial charge on any atom is 0.341 e. The van der Waals surface area contributed by atoms with Crippen molar-refractivity contribution in [1.29, 1.82) is 0 Å². The topological polar surface area (TPSA) is 104 Å². The van der Waals surface area contributed by atoms with Crippen LogP contribution in [0.2, 0.25) is 5.02 Å². The molecule has 1 atom stereocenters. The molecule has 1 unspecified atom stereocenters. The molecule has 0 saturated carbocycles. The van der Waals surface area contributed by atoms with Gasteiger partial charge in [0.1, 0.15) is 25.2 Å². The number of methoxy groups -OCH3 is 1. The van der Waals surface area contributed by atoms with Crippen LogP contribution in [0.5, 0.6) is 11.5 Å². The van der Waals surface area contributed by atoms with Crippen molar-refractivity contribution in [3.05, 3.63) is 89.1 Å². The fourth-order valence-electron chi connectivity index (χ4n) is 3.52. The first-order valence-corrected chi connectivity index (χ1v) is 11.3. The lowest BCUT2D eigenvalue weighted by Crippen LogP contribution is -2.42. The molecular weight excluding hydrogens is 486 g/mol. The van der Waals surface area contributed by atoms with E-state index in [4.69, 9.17) is 25.8 Å². The van der Waals surface area contributed by atoms with Gasteiger partial charge in [0.05, 0.1) is 18.5 Å². The lowest BCUT2D eigenvalue weighted by Gasteiger charge is -2.22. The first kappa shape index (κ1) is 25.0. The van der Waals surface area contributed by atoms with Gasteiger partial charge in [0.15, 0.2) is 17.1 Å². The molecule has 2 aromatic carbocycles. The molecule has 9 nitrogen and oxygen atoms in total. The average molecular weight is 510 g/mol. The predicted molar refractivity (Wildman–Crippen MR) is 135 cm³/mol. The zero-order valence-electron chi connectivity index (χ0n) is 19.7. The molecule has 0 aliphatic rings. The van der Waals surface area contributed by atoms with Gasteiger partial charge in [-0.1, -0.05) is 36.4 Å². The first-order chi connectivity index (χ1) is 17.2. The first-order valence-electron chi connectivity index (χ1n) is 10.9. The number of fused-ring (bicyclic) bond motifs is 1. The van der Waals surface area contributed by atoms with Crippen LogP contribution < -0.4 is 15.2 Å². The summed E-state index contributed by atoms with van der Waals surface area (Å²) in [5, 5.41) is 11.0. The summed E-state index contributed by atoms with van der Waals surface area (Å²) in [6, 6.07) is 15.6. The molecular formula is C26H24ClN3O6. The second-order valence-electron chi connectivity index (χ2n) is 8.10. The van der Waals surface area contributed by atoms with Crippen LogP contribution in [0.25, 0.3) is 22.6 Å². The molecule has 0 spiro atoms. The molecule has 10 heteroatoms. The van der Waals surface area contributed by atoms with Crippen LogP contribution in [-0.2, 0) is 9.53 Å². The summed E-state index contributed by atoms with van der Waals surface area (Å²) >= 11 is 6.00. The van der Waals surface area contributed by atoms with E-state index in [1.54, 1.807) is 36.4 Å². The van der Waals surface area contributed by atoms with Crippen LogP contribution in [-0.4, -0.2) is 51.0 Å². The number of hydrogen-bond acceptors (Lipinski definition) is 7. The molecule has 36 heavy (non-hydrogen) atoms. The summed E-state index contributed by atoms with van der Waals surface area (Å²) in [5.41, 5.74) is 0.247. The monoisotopic (exact) mass is 509 g/mol. The Morgan fingerprint density at radius 2 is 1.92 bits per heavy atom. The minimum atomic E-state index is -1.88. The van der Waals surface area contributed by atoms with Crippen molar-refractivity contribution in [2.45, 2.75) is 12.5 Å². The van der Waals surface area contributed by atoms with Gasteiger partial charge in [0.25, 0.3) is 0 Å². The molecule has 186 valence electrons. The van der Waals surface area contributed by atoms with E-state index in [1.165, 1.54) is 35.4 Å². The van der Waals surface area contributed by atoms with Crippen molar-refractivity contribution in [1.82, 2.24) is 14.0 Å². The van der Waals surface area contributed by atoms with Gasteiger partial charge >= 0.3 is 11.7 Å². The Balaban J connectivity index is 1.65. The smallest absolute Gasteiger partial charge is 0.341 e. The van der Waals surface area contributed by atoms with Crippen LogP contribution in [0, 0.1) is 0 Å². The van der Waals surface area contributed by atoms with Gasteiger partial charge in [-0.3, -0.25) is 4.57 Å². The summed E-state index contributed by atoms with van der Waals surface area (Å²) in [6.07, 6.45) is 2.83. The third-order valence-electron chi connectivity index (χ3n) is 5.41. The number of aromatic nitrogens is 3. The zero-order chi connectivity index (χ0) is 25.9. The molecule has 2 heterocycles. The Morgan fingerprint density at radius 1 is 1.17 bits per heavy atom. The van der Waals surface area contributed by atoms with Crippen molar-refractivity contribution >= 4 is 23.2 Å². The molecule has 4 aromatic rings. The Morgan fingerprint density at radius 3 is 2.61 bits per heavy atom. The highest BCUT2D eigenvalue weighted by Gasteiger charge is 2.33. The summed E-state index contributed by atoms with van der Waals surface area (Å²) in [5.74, 6) is -0.282. The SMILES string of the molecule is C=CCOC(=O)C(C)(O)COc1ccc(-n2cnc3ccc(-c4ccc(Cl)cc4)n3c2=O)cc1OC. The van der Waals surface area contributed by atoms with Crippen LogP contribution in [0.3, 0.4) is 0 Å². The summed E-state index contributed by atoms with van der Waals surface area (Å²) in [6.45, 7) is 4.35. The van der Waals surface area contributed by atoms with Gasteiger partial charge in [-0.15, -0.1) is 0 Å². The third-order valence-corrected chi connectivity index (χ3v) is 5.66. The fraction of sp³-hybridized carbons (Fsp3) is 0.192. The van der Waals surface area contributed by atoms with Crippen LogP contribution in [0.4, 0.5) is 0 Å². The molecule has 4 rings (SSSR count). The van der Waals surface area contributed by atoms with Crippen LogP contribution in [0.15, 0.2) is 78.4 Å². The average Bonchev–Trinajstić information content (AvgIpc) is 3.31. The van der Waals surface area contributed by atoms with Gasteiger partial charge in [-0.05, 0) is 48.9 Å². The number of ether oxygens (including phenoxy) is 3. The standard InChI is InChI=1S/C26H24ClN3O6/c1-4-13-35-24(31)26(2,33)15-36-21-11-9-19(14-22(21)34-3)29-16-28-23-12-10-20(30(23)25(29)32)17-5-7-18(27)8-6-17/h4-12,14,16,33H,1,13,15H2,2-3H3. The summed E-state index contributed by atoms with van der Waals surface area (Å²) in [7, 11) is 1.44. The van der Waals surface area contributed by atoms with E-state index in [0.717, 1.165) is 5.56 Å². The number of carbonyl (C=O) groups is 1. The molecule has 2 aromatic heterocycles. The maximum atomic E-state index is 13.5. The molecule has 0 aliphatic carbocycles. The Labute approximate surface area is 211 Å². The van der Waals surface area contributed by atoms with Gasteiger partial charge in [0, 0.05) is 11.1 Å². The van der Waals surface area contributed by atoms with E-state index in [2.05, 4.69) is 11.6 Å². The van der Waals surface area contributed by atoms with Gasteiger partial charge in [-0.25, -0.2) is 19.0 Å². The normalized spacial score (nSPS) is 12.7. The predicted octanol–water partition coefficient (Wildman–Crippen LogP) is 3.67. The third kappa shape index (κ3) is 4.98. The number of esters is 1. The van der Waals surface area contributed by atoms with Crippen LogP contribution >= 0.6 is 11.6 Å². The second kappa shape index (κ2) is 10.3. The maximum absolute atomic E-state index is 13.5. The number of halogens is 1. The highest BCUT2D eigenvalue weighted by molar-refractivity contribution is 6.30. The second-order valence-corrected chi connectivity index (χ2v) is 8.54. The summed E-state index contributed by atoms with van der Waals surface area (Å²) in [4.78, 5) is 29.9.